The minimum Gasteiger partial charge on any atom is -0.444 e. The lowest BCUT2D eigenvalue weighted by Crippen LogP contribution is -2.45. The highest BCUT2D eigenvalue weighted by atomic mass is 16.6. The molecule has 1 atom stereocenters. The number of aromatic nitrogens is 1. The van der Waals surface area contributed by atoms with Crippen LogP contribution < -0.4 is 16.2 Å². The lowest BCUT2D eigenvalue weighted by atomic mass is 10.0. The van der Waals surface area contributed by atoms with Gasteiger partial charge in [0.05, 0.1) is 0 Å². The second-order valence-electron chi connectivity index (χ2n) is 9.38. The van der Waals surface area contributed by atoms with Gasteiger partial charge in [0.1, 0.15) is 5.60 Å². The molecule has 0 aliphatic rings. The van der Waals surface area contributed by atoms with Crippen LogP contribution in [0, 0.1) is 5.92 Å². The number of aliphatic imine (C=N–C) groups is 1. The van der Waals surface area contributed by atoms with Gasteiger partial charge in [-0.3, -0.25) is 9.79 Å². The Morgan fingerprint density at radius 2 is 1.97 bits per heavy atom. The van der Waals surface area contributed by atoms with E-state index in [1.807, 2.05) is 47.0 Å². The van der Waals surface area contributed by atoms with E-state index in [0.717, 1.165) is 38.3 Å². The molecular weight excluding hydrogens is 406 g/mol. The first-order valence-electron chi connectivity index (χ1n) is 11.7. The zero-order valence-electron chi connectivity index (χ0n) is 21.0. The average Bonchev–Trinajstić information content (AvgIpc) is 2.69. The van der Waals surface area contributed by atoms with E-state index in [-0.39, 0.29) is 23.6 Å². The van der Waals surface area contributed by atoms with Crippen LogP contribution in [0.15, 0.2) is 34.2 Å². The van der Waals surface area contributed by atoms with Crippen molar-refractivity contribution in [2.75, 3.05) is 26.7 Å². The van der Waals surface area contributed by atoms with E-state index >= 15 is 0 Å². The van der Waals surface area contributed by atoms with Gasteiger partial charge in [0, 0.05) is 51.5 Å². The number of carbonyl (C=O) groups excluding carboxylic acids is 1. The maximum atomic E-state index is 12.2. The molecule has 1 amide bonds. The first-order valence-corrected chi connectivity index (χ1v) is 11.7. The molecule has 0 saturated carbocycles. The molecule has 8 heteroatoms. The quantitative estimate of drug-likeness (QED) is 0.307. The topological polar surface area (TPSA) is 88.0 Å². The highest BCUT2D eigenvalue weighted by Gasteiger charge is 2.22. The van der Waals surface area contributed by atoms with E-state index in [0.29, 0.717) is 13.1 Å². The molecule has 8 nitrogen and oxygen atoms in total. The second-order valence-corrected chi connectivity index (χ2v) is 9.38. The Bertz CT molecular complexity index is 767. The van der Waals surface area contributed by atoms with Crippen LogP contribution in [0.2, 0.25) is 0 Å². The zero-order chi connectivity index (χ0) is 24.1. The van der Waals surface area contributed by atoms with Crippen molar-refractivity contribution >= 4 is 12.1 Å². The largest absolute Gasteiger partial charge is 0.444 e. The van der Waals surface area contributed by atoms with Crippen molar-refractivity contribution in [2.45, 2.75) is 79.0 Å². The van der Waals surface area contributed by atoms with E-state index in [1.165, 1.54) is 0 Å². The fraction of sp³-hybridized carbons (Fsp3) is 0.708. The molecule has 32 heavy (non-hydrogen) atoms. The summed E-state index contributed by atoms with van der Waals surface area (Å²) in [6, 6.07) is 5.23. The lowest BCUT2D eigenvalue weighted by molar-refractivity contribution is 0.0486. The summed E-state index contributed by atoms with van der Waals surface area (Å²) in [5.74, 6) is 1.14. The molecule has 0 fully saturated rings. The summed E-state index contributed by atoms with van der Waals surface area (Å²) in [5, 5.41) is 6.34. The van der Waals surface area contributed by atoms with E-state index < -0.39 is 5.60 Å². The Kier molecular flexibility index (Phi) is 11.9. The molecule has 1 heterocycles. The van der Waals surface area contributed by atoms with Crippen LogP contribution >= 0.6 is 0 Å². The number of nitrogens with zero attached hydrogens (tertiary/aromatic N) is 3. The Balaban J connectivity index is 2.54. The van der Waals surface area contributed by atoms with Crippen LogP contribution in [0.4, 0.5) is 4.79 Å². The highest BCUT2D eigenvalue weighted by molar-refractivity contribution is 5.79. The molecule has 2 N–H and O–H groups in total. The van der Waals surface area contributed by atoms with Crippen molar-refractivity contribution in [3.63, 3.8) is 0 Å². The van der Waals surface area contributed by atoms with Gasteiger partial charge in [0.15, 0.2) is 5.96 Å². The molecule has 0 spiro atoms. The summed E-state index contributed by atoms with van der Waals surface area (Å²) in [4.78, 5) is 30.8. The average molecular weight is 450 g/mol. The predicted octanol–water partition coefficient (Wildman–Crippen LogP) is 3.47. The smallest absolute Gasteiger partial charge is 0.407 e. The molecule has 0 aliphatic carbocycles. The third-order valence-corrected chi connectivity index (χ3v) is 4.95. The van der Waals surface area contributed by atoms with Crippen molar-refractivity contribution in [3.8, 4) is 0 Å². The number of unbranched alkanes of at least 4 members (excludes halogenated alkanes) is 1. The van der Waals surface area contributed by atoms with Crippen molar-refractivity contribution in [2.24, 2.45) is 10.9 Å². The number of guanidine groups is 1. The molecule has 182 valence electrons. The van der Waals surface area contributed by atoms with Gasteiger partial charge in [-0.25, -0.2) is 4.79 Å². The van der Waals surface area contributed by atoms with E-state index in [9.17, 15) is 9.59 Å². The molecule has 0 aliphatic heterocycles. The van der Waals surface area contributed by atoms with E-state index in [2.05, 4.69) is 29.4 Å². The first kappa shape index (κ1) is 27.5. The number of pyridine rings is 1. The number of amides is 1. The van der Waals surface area contributed by atoms with Gasteiger partial charge >= 0.3 is 6.09 Å². The standard InChI is InChI=1S/C24H43N5O3/c1-8-25-22(26-15-10-12-17-29-16-11-9-13-21(29)30)28(7)18-14-20(19(2)3)27-23(31)32-24(4,5)6/h9,11,13,16,19-20H,8,10,12,14-15,17-18H2,1-7H3,(H,25,26)(H,27,31). The number of ether oxygens (including phenoxy) is 1. The lowest BCUT2D eigenvalue weighted by Gasteiger charge is -2.28. The molecule has 1 unspecified atom stereocenters. The van der Waals surface area contributed by atoms with Gasteiger partial charge < -0.3 is 24.8 Å². The number of alkyl carbamates (subject to hydrolysis) is 1. The normalized spacial score (nSPS) is 13.1. The molecular formula is C24H43N5O3. The van der Waals surface area contributed by atoms with Crippen molar-refractivity contribution in [1.82, 2.24) is 20.1 Å². The molecule has 0 saturated heterocycles. The monoisotopic (exact) mass is 449 g/mol. The number of carbonyl (C=O) groups is 1. The third-order valence-electron chi connectivity index (χ3n) is 4.95. The summed E-state index contributed by atoms with van der Waals surface area (Å²) >= 11 is 0. The molecule has 0 bridgehead atoms. The third kappa shape index (κ3) is 11.2. The predicted molar refractivity (Wildman–Crippen MR) is 131 cm³/mol. The Hall–Kier alpha value is -2.51. The van der Waals surface area contributed by atoms with Gasteiger partial charge in [-0.05, 0) is 58.9 Å². The minimum atomic E-state index is -0.512. The first-order chi connectivity index (χ1) is 15.0. The van der Waals surface area contributed by atoms with Crippen molar-refractivity contribution in [3.05, 3.63) is 34.7 Å². The van der Waals surface area contributed by atoms with E-state index in [1.54, 1.807) is 16.7 Å². The number of rotatable bonds is 11. The minimum absolute atomic E-state index is 0.0133. The molecule has 0 aromatic carbocycles. The van der Waals surface area contributed by atoms with Crippen LogP contribution in [0.1, 0.15) is 60.8 Å². The zero-order valence-corrected chi connectivity index (χ0v) is 21.0. The summed E-state index contributed by atoms with van der Waals surface area (Å²) in [6.45, 7) is 14.8. The summed E-state index contributed by atoms with van der Waals surface area (Å²) in [6.07, 6.45) is 4.02. The maximum absolute atomic E-state index is 12.2. The van der Waals surface area contributed by atoms with Crippen LogP contribution in [0.25, 0.3) is 0 Å². The van der Waals surface area contributed by atoms with Gasteiger partial charge in [-0.15, -0.1) is 0 Å². The summed E-state index contributed by atoms with van der Waals surface area (Å²) < 4.78 is 7.13. The van der Waals surface area contributed by atoms with E-state index in [4.69, 9.17) is 9.73 Å². The molecule has 1 rings (SSSR count). The molecule has 1 aromatic rings. The van der Waals surface area contributed by atoms with Gasteiger partial charge in [0.25, 0.3) is 0 Å². The van der Waals surface area contributed by atoms with Crippen molar-refractivity contribution in [1.29, 1.82) is 0 Å². The van der Waals surface area contributed by atoms with Crippen LogP contribution in [0.5, 0.6) is 0 Å². The summed E-state index contributed by atoms with van der Waals surface area (Å²) in [7, 11) is 2.01. The number of hydrogen-bond donors (Lipinski definition) is 2. The Labute approximate surface area is 193 Å². The van der Waals surface area contributed by atoms with Gasteiger partial charge in [0.2, 0.25) is 5.56 Å². The van der Waals surface area contributed by atoms with Crippen LogP contribution in [-0.2, 0) is 11.3 Å². The SMILES string of the molecule is CCNC(=NCCCCn1ccccc1=O)N(C)CCC(NC(=O)OC(C)(C)C)C(C)C. The second kappa shape index (κ2) is 13.8. The molecule has 0 radical (unpaired) electrons. The van der Waals surface area contributed by atoms with Gasteiger partial charge in [-0.2, -0.15) is 0 Å². The fourth-order valence-corrected chi connectivity index (χ4v) is 3.16. The summed E-state index contributed by atoms with van der Waals surface area (Å²) in [5.41, 5.74) is -0.481. The van der Waals surface area contributed by atoms with Crippen molar-refractivity contribution < 1.29 is 9.53 Å². The molecule has 1 aromatic heterocycles. The van der Waals surface area contributed by atoms with Crippen LogP contribution in [0.3, 0.4) is 0 Å². The van der Waals surface area contributed by atoms with Gasteiger partial charge in [-0.1, -0.05) is 19.9 Å². The Morgan fingerprint density at radius 1 is 1.25 bits per heavy atom. The number of hydrogen-bond acceptors (Lipinski definition) is 4. The Morgan fingerprint density at radius 3 is 2.56 bits per heavy atom. The highest BCUT2D eigenvalue weighted by Crippen LogP contribution is 2.11. The maximum Gasteiger partial charge on any atom is 0.407 e. The fourth-order valence-electron chi connectivity index (χ4n) is 3.16. The number of nitrogens with one attached hydrogen (secondary N) is 2. The van der Waals surface area contributed by atoms with Crippen LogP contribution in [-0.4, -0.2) is 59.8 Å². The number of aryl methyl sites for hydroxylation is 1.